The maximum Gasteiger partial charge on any atom is 0.147 e. The van der Waals surface area contributed by atoms with Crippen LogP contribution in [0.3, 0.4) is 0 Å². The summed E-state index contributed by atoms with van der Waals surface area (Å²) in [6, 6.07) is 2.46. The maximum absolute atomic E-state index is 6.24. The Hall–Kier alpha value is -0.800. The van der Waals surface area contributed by atoms with Crippen LogP contribution >= 0.6 is 11.6 Å². The van der Waals surface area contributed by atoms with Crippen LogP contribution in [0.4, 0.5) is 5.82 Å². The summed E-state index contributed by atoms with van der Waals surface area (Å²) in [6.45, 7) is 8.17. The number of hydrogen-bond acceptors (Lipinski definition) is 3. The molecule has 0 aliphatic rings. The monoisotopic (exact) mass is 255 g/mol. The van der Waals surface area contributed by atoms with Crippen molar-refractivity contribution in [2.45, 2.75) is 39.8 Å². The van der Waals surface area contributed by atoms with Crippen molar-refractivity contribution in [2.75, 3.05) is 18.5 Å². The third-order valence-electron chi connectivity index (χ3n) is 2.51. The second kappa shape index (κ2) is 6.82. The van der Waals surface area contributed by atoms with Gasteiger partial charge in [-0.3, -0.25) is 0 Å². The summed E-state index contributed by atoms with van der Waals surface area (Å²) >= 11 is 6.24. The van der Waals surface area contributed by atoms with E-state index in [1.165, 1.54) is 0 Å². The summed E-state index contributed by atoms with van der Waals surface area (Å²) in [7, 11) is 2.02. The second-order valence-corrected chi connectivity index (χ2v) is 5.01. The molecule has 96 valence electrons. The van der Waals surface area contributed by atoms with Gasteiger partial charge in [0.15, 0.2) is 0 Å². The largest absolute Gasteiger partial charge is 0.358 e. The van der Waals surface area contributed by atoms with Crippen molar-refractivity contribution < 1.29 is 0 Å². The zero-order valence-corrected chi connectivity index (χ0v) is 11.9. The highest BCUT2D eigenvalue weighted by Gasteiger charge is 2.08. The van der Waals surface area contributed by atoms with Gasteiger partial charge >= 0.3 is 0 Å². The fourth-order valence-electron chi connectivity index (χ4n) is 1.61. The molecular formula is C13H22ClN3. The number of nitrogens with one attached hydrogen (secondary N) is 1. The van der Waals surface area contributed by atoms with Crippen molar-refractivity contribution in [2.24, 2.45) is 0 Å². The lowest BCUT2D eigenvalue weighted by Gasteiger charge is -2.19. The number of rotatable bonds is 6. The molecule has 0 aliphatic carbocycles. The van der Waals surface area contributed by atoms with Crippen molar-refractivity contribution >= 4 is 17.4 Å². The quantitative estimate of drug-likeness (QED) is 0.847. The molecule has 3 nitrogen and oxygen atoms in total. The number of nitrogens with zero attached hydrogens (tertiary/aromatic N) is 2. The summed E-state index contributed by atoms with van der Waals surface area (Å²) in [5, 5.41) is 4.08. The molecule has 1 aromatic heterocycles. The van der Waals surface area contributed by atoms with Gasteiger partial charge in [-0.1, -0.05) is 32.4 Å². The van der Waals surface area contributed by atoms with E-state index < -0.39 is 0 Å². The first-order chi connectivity index (χ1) is 8.04. The van der Waals surface area contributed by atoms with Crippen LogP contribution in [-0.4, -0.2) is 24.6 Å². The average molecular weight is 256 g/mol. The summed E-state index contributed by atoms with van der Waals surface area (Å²) < 4.78 is 0. The van der Waals surface area contributed by atoms with Gasteiger partial charge in [0.2, 0.25) is 0 Å². The van der Waals surface area contributed by atoms with Crippen LogP contribution < -0.4 is 10.2 Å². The molecule has 0 saturated carbocycles. The standard InChI is InChI=1S/C13H22ClN3/c1-5-6-17(4)13-12(14)7-11(9-16-13)8-15-10(2)3/h7,9-10,15H,5-6,8H2,1-4H3. The summed E-state index contributed by atoms with van der Waals surface area (Å²) in [5.74, 6) is 0.863. The Morgan fingerprint density at radius 3 is 2.71 bits per heavy atom. The number of halogens is 1. The highest BCUT2D eigenvalue weighted by Crippen LogP contribution is 2.23. The van der Waals surface area contributed by atoms with E-state index in [-0.39, 0.29) is 0 Å². The van der Waals surface area contributed by atoms with E-state index in [2.05, 4.69) is 36.0 Å². The number of pyridine rings is 1. The molecule has 1 N–H and O–H groups in total. The molecule has 0 radical (unpaired) electrons. The molecule has 4 heteroatoms. The minimum absolute atomic E-state index is 0.469. The first kappa shape index (κ1) is 14.3. The van der Waals surface area contributed by atoms with Gasteiger partial charge in [-0.15, -0.1) is 0 Å². The topological polar surface area (TPSA) is 28.2 Å². The molecule has 17 heavy (non-hydrogen) atoms. The first-order valence-electron chi connectivity index (χ1n) is 6.13. The first-order valence-corrected chi connectivity index (χ1v) is 6.51. The van der Waals surface area contributed by atoms with E-state index in [9.17, 15) is 0 Å². The predicted octanol–water partition coefficient (Wildman–Crippen LogP) is 3.08. The number of hydrogen-bond donors (Lipinski definition) is 1. The Labute approximate surface area is 109 Å². The fraction of sp³-hybridized carbons (Fsp3) is 0.615. The maximum atomic E-state index is 6.24. The third-order valence-corrected chi connectivity index (χ3v) is 2.79. The Balaban J connectivity index is 2.72. The van der Waals surface area contributed by atoms with Crippen LogP contribution in [0.5, 0.6) is 0 Å². The molecule has 1 heterocycles. The molecule has 0 spiro atoms. The zero-order chi connectivity index (χ0) is 12.8. The lowest BCUT2D eigenvalue weighted by Crippen LogP contribution is -2.22. The van der Waals surface area contributed by atoms with Crippen molar-refractivity contribution in [1.29, 1.82) is 0 Å². The lowest BCUT2D eigenvalue weighted by molar-refractivity contribution is 0.588. The molecular weight excluding hydrogens is 234 g/mol. The van der Waals surface area contributed by atoms with Gasteiger partial charge in [-0.2, -0.15) is 0 Å². The molecule has 0 unspecified atom stereocenters. The van der Waals surface area contributed by atoms with Crippen LogP contribution in [0.2, 0.25) is 5.02 Å². The predicted molar refractivity (Wildman–Crippen MR) is 74.8 cm³/mol. The SMILES string of the molecule is CCCN(C)c1ncc(CNC(C)C)cc1Cl. The lowest BCUT2D eigenvalue weighted by atomic mass is 10.2. The van der Waals surface area contributed by atoms with E-state index in [1.54, 1.807) is 0 Å². The van der Waals surface area contributed by atoms with Crippen LogP contribution in [0.15, 0.2) is 12.3 Å². The van der Waals surface area contributed by atoms with E-state index >= 15 is 0 Å². The average Bonchev–Trinajstić information content (AvgIpc) is 2.26. The van der Waals surface area contributed by atoms with Crippen LogP contribution in [0.1, 0.15) is 32.8 Å². The molecule has 0 atom stereocenters. The van der Waals surface area contributed by atoms with Gasteiger partial charge in [0.1, 0.15) is 5.82 Å². The number of aromatic nitrogens is 1. The molecule has 0 fully saturated rings. The van der Waals surface area contributed by atoms with E-state index in [4.69, 9.17) is 11.6 Å². The van der Waals surface area contributed by atoms with Crippen molar-refractivity contribution in [3.63, 3.8) is 0 Å². The fourth-order valence-corrected chi connectivity index (χ4v) is 1.94. The van der Waals surface area contributed by atoms with Gasteiger partial charge in [-0.25, -0.2) is 4.98 Å². The van der Waals surface area contributed by atoms with E-state index in [0.29, 0.717) is 6.04 Å². The highest BCUT2D eigenvalue weighted by molar-refractivity contribution is 6.33. The van der Waals surface area contributed by atoms with E-state index in [1.807, 2.05) is 19.3 Å². The highest BCUT2D eigenvalue weighted by atomic mass is 35.5. The van der Waals surface area contributed by atoms with Crippen LogP contribution in [-0.2, 0) is 6.54 Å². The molecule has 1 aromatic rings. The zero-order valence-electron chi connectivity index (χ0n) is 11.1. The molecule has 0 aromatic carbocycles. The van der Waals surface area contributed by atoms with Gasteiger partial charge in [0, 0.05) is 32.4 Å². The Kier molecular flexibility index (Phi) is 5.72. The Morgan fingerprint density at radius 2 is 2.18 bits per heavy atom. The minimum Gasteiger partial charge on any atom is -0.358 e. The molecule has 0 aliphatic heterocycles. The summed E-state index contributed by atoms with van der Waals surface area (Å²) in [5.41, 5.74) is 1.12. The van der Waals surface area contributed by atoms with Crippen LogP contribution in [0.25, 0.3) is 0 Å². The van der Waals surface area contributed by atoms with E-state index in [0.717, 1.165) is 35.9 Å². The van der Waals surface area contributed by atoms with Crippen molar-refractivity contribution in [1.82, 2.24) is 10.3 Å². The normalized spacial score (nSPS) is 10.9. The third kappa shape index (κ3) is 4.52. The van der Waals surface area contributed by atoms with Gasteiger partial charge < -0.3 is 10.2 Å². The van der Waals surface area contributed by atoms with Crippen LogP contribution in [0, 0.1) is 0 Å². The van der Waals surface area contributed by atoms with Crippen molar-refractivity contribution in [3.05, 3.63) is 22.8 Å². The summed E-state index contributed by atoms with van der Waals surface area (Å²) in [6.07, 6.45) is 2.98. The number of anilines is 1. The Bertz CT molecular complexity index is 353. The molecule has 0 amide bonds. The second-order valence-electron chi connectivity index (χ2n) is 4.61. The van der Waals surface area contributed by atoms with Gasteiger partial charge in [0.05, 0.1) is 5.02 Å². The minimum atomic E-state index is 0.469. The molecule has 1 rings (SSSR count). The van der Waals surface area contributed by atoms with Crippen molar-refractivity contribution in [3.8, 4) is 0 Å². The molecule has 0 saturated heterocycles. The smallest absolute Gasteiger partial charge is 0.147 e. The van der Waals surface area contributed by atoms with Gasteiger partial charge in [-0.05, 0) is 18.1 Å². The van der Waals surface area contributed by atoms with Gasteiger partial charge in [0.25, 0.3) is 0 Å². The molecule has 0 bridgehead atoms. The summed E-state index contributed by atoms with van der Waals surface area (Å²) in [4.78, 5) is 6.51. The Morgan fingerprint density at radius 1 is 1.47 bits per heavy atom.